The maximum atomic E-state index is 11.5. The van der Waals surface area contributed by atoms with Crippen molar-refractivity contribution < 1.29 is 9.53 Å². The molecule has 1 amide bonds. The first kappa shape index (κ1) is 15.8. The number of carbonyl (C=O) groups excluding carboxylic acids is 1. The van der Waals surface area contributed by atoms with E-state index in [2.05, 4.69) is 14.8 Å². The van der Waals surface area contributed by atoms with E-state index in [0.29, 0.717) is 12.3 Å². The highest BCUT2D eigenvalue weighted by molar-refractivity contribution is 5.88. The van der Waals surface area contributed by atoms with Gasteiger partial charge in [0.15, 0.2) is 0 Å². The quantitative estimate of drug-likeness (QED) is 0.941. The molecule has 1 N–H and O–H groups in total. The van der Waals surface area contributed by atoms with E-state index in [1.54, 1.807) is 6.92 Å². The van der Waals surface area contributed by atoms with Crippen LogP contribution in [0.5, 0.6) is 0 Å². The first-order valence-electron chi connectivity index (χ1n) is 8.29. The molecular weight excluding hydrogens is 292 g/mol. The molecular formula is C17H24N4O2. The number of carbonyl (C=O) groups is 1. The van der Waals surface area contributed by atoms with Crippen LogP contribution in [0.4, 0.5) is 10.5 Å². The van der Waals surface area contributed by atoms with Crippen LogP contribution in [-0.4, -0.2) is 40.2 Å². The predicted octanol–water partition coefficient (Wildman–Crippen LogP) is 3.13. The molecule has 6 nitrogen and oxygen atoms in total. The largest absolute Gasteiger partial charge is 0.450 e. The van der Waals surface area contributed by atoms with Gasteiger partial charge < -0.3 is 9.30 Å². The summed E-state index contributed by atoms with van der Waals surface area (Å²) >= 11 is 0. The molecule has 0 radical (unpaired) electrons. The van der Waals surface area contributed by atoms with Crippen LogP contribution in [0.3, 0.4) is 0 Å². The number of amides is 1. The number of hydrogen-bond acceptors (Lipinski definition) is 4. The molecule has 23 heavy (non-hydrogen) atoms. The number of benzene rings is 1. The monoisotopic (exact) mass is 316 g/mol. The molecule has 1 aliphatic heterocycles. The van der Waals surface area contributed by atoms with Gasteiger partial charge in [0.2, 0.25) is 0 Å². The summed E-state index contributed by atoms with van der Waals surface area (Å²) in [5.74, 6) is 1.06. The molecule has 0 saturated carbocycles. The molecule has 0 atom stereocenters. The Morgan fingerprint density at radius 2 is 2.09 bits per heavy atom. The van der Waals surface area contributed by atoms with Gasteiger partial charge in [0.05, 0.1) is 24.2 Å². The Morgan fingerprint density at radius 1 is 1.30 bits per heavy atom. The number of rotatable bonds is 4. The van der Waals surface area contributed by atoms with Crippen molar-refractivity contribution in [2.24, 2.45) is 7.05 Å². The average Bonchev–Trinajstić information content (AvgIpc) is 2.84. The lowest BCUT2D eigenvalue weighted by atomic mass is 10.1. The van der Waals surface area contributed by atoms with E-state index in [-0.39, 0.29) is 0 Å². The van der Waals surface area contributed by atoms with Crippen molar-refractivity contribution in [1.29, 1.82) is 0 Å². The summed E-state index contributed by atoms with van der Waals surface area (Å²) in [6.07, 6.45) is 3.45. The van der Waals surface area contributed by atoms with Crippen molar-refractivity contribution in [1.82, 2.24) is 14.5 Å². The van der Waals surface area contributed by atoms with Crippen LogP contribution in [0.1, 0.15) is 32.0 Å². The van der Waals surface area contributed by atoms with Crippen molar-refractivity contribution in [2.75, 3.05) is 25.0 Å². The normalized spacial score (nSPS) is 15.7. The molecule has 6 heteroatoms. The Morgan fingerprint density at radius 3 is 2.83 bits per heavy atom. The highest BCUT2D eigenvalue weighted by atomic mass is 16.5. The SMILES string of the molecule is CCOC(=O)Nc1ccc2c(c1)nc(CN1CCCCC1)n2C. The number of nitrogens with zero attached hydrogens (tertiary/aromatic N) is 3. The number of aryl methyl sites for hydroxylation is 1. The second-order valence-corrected chi connectivity index (χ2v) is 5.97. The number of hydrogen-bond donors (Lipinski definition) is 1. The molecule has 1 fully saturated rings. The predicted molar refractivity (Wildman–Crippen MR) is 90.5 cm³/mol. The fourth-order valence-corrected chi connectivity index (χ4v) is 3.07. The van der Waals surface area contributed by atoms with Crippen LogP contribution in [0.15, 0.2) is 18.2 Å². The van der Waals surface area contributed by atoms with Gasteiger partial charge in [0.1, 0.15) is 5.82 Å². The van der Waals surface area contributed by atoms with Crippen molar-refractivity contribution in [3.63, 3.8) is 0 Å². The maximum Gasteiger partial charge on any atom is 0.411 e. The van der Waals surface area contributed by atoms with Crippen LogP contribution in [0.2, 0.25) is 0 Å². The van der Waals surface area contributed by atoms with E-state index in [9.17, 15) is 4.79 Å². The molecule has 0 unspecified atom stereocenters. The number of likely N-dealkylation sites (tertiary alicyclic amines) is 1. The van der Waals surface area contributed by atoms with Gasteiger partial charge in [0.25, 0.3) is 0 Å². The molecule has 124 valence electrons. The summed E-state index contributed by atoms with van der Waals surface area (Å²) in [4.78, 5) is 18.7. The summed E-state index contributed by atoms with van der Waals surface area (Å²) < 4.78 is 7.04. The third-order valence-electron chi connectivity index (χ3n) is 4.31. The van der Waals surface area contributed by atoms with Crippen molar-refractivity contribution in [3.8, 4) is 0 Å². The van der Waals surface area contributed by atoms with Gasteiger partial charge >= 0.3 is 6.09 Å². The Bertz CT molecular complexity index is 689. The first-order chi connectivity index (χ1) is 11.2. The number of imidazole rings is 1. The van der Waals surface area contributed by atoms with E-state index in [1.165, 1.54) is 19.3 Å². The summed E-state index contributed by atoms with van der Waals surface area (Å²) in [6, 6.07) is 5.77. The second kappa shape index (κ2) is 7.00. The summed E-state index contributed by atoms with van der Waals surface area (Å²) in [5, 5.41) is 2.72. The molecule has 0 aliphatic carbocycles. The lowest BCUT2D eigenvalue weighted by molar-refractivity contribution is 0.168. The van der Waals surface area contributed by atoms with Gasteiger partial charge in [0, 0.05) is 12.7 Å². The Labute approximate surface area is 136 Å². The van der Waals surface area contributed by atoms with E-state index in [1.807, 2.05) is 25.2 Å². The fraction of sp³-hybridized carbons (Fsp3) is 0.529. The molecule has 2 heterocycles. The van der Waals surface area contributed by atoms with Crippen LogP contribution >= 0.6 is 0 Å². The highest BCUT2D eigenvalue weighted by Crippen LogP contribution is 2.21. The zero-order valence-corrected chi connectivity index (χ0v) is 13.8. The number of anilines is 1. The summed E-state index contributed by atoms with van der Waals surface area (Å²) in [7, 11) is 2.05. The van der Waals surface area contributed by atoms with Crippen molar-refractivity contribution in [3.05, 3.63) is 24.0 Å². The van der Waals surface area contributed by atoms with Gasteiger partial charge in [-0.05, 0) is 51.1 Å². The zero-order chi connectivity index (χ0) is 16.2. The standard InChI is InChI=1S/C17H24N4O2/c1-3-23-17(22)18-13-7-8-15-14(11-13)19-16(20(15)2)12-21-9-5-4-6-10-21/h7-8,11H,3-6,9-10,12H2,1-2H3,(H,18,22). The van der Waals surface area contributed by atoms with E-state index >= 15 is 0 Å². The minimum Gasteiger partial charge on any atom is -0.450 e. The molecule has 3 rings (SSSR count). The molecule has 0 spiro atoms. The number of aromatic nitrogens is 2. The fourth-order valence-electron chi connectivity index (χ4n) is 3.07. The lowest BCUT2D eigenvalue weighted by Gasteiger charge is -2.25. The third kappa shape index (κ3) is 3.64. The topological polar surface area (TPSA) is 59.4 Å². The Hall–Kier alpha value is -2.08. The Kier molecular flexibility index (Phi) is 4.81. The van der Waals surface area contributed by atoms with Crippen LogP contribution in [0.25, 0.3) is 11.0 Å². The van der Waals surface area contributed by atoms with Crippen LogP contribution < -0.4 is 5.32 Å². The minimum absolute atomic E-state index is 0.359. The smallest absolute Gasteiger partial charge is 0.411 e. The number of piperidine rings is 1. The lowest BCUT2D eigenvalue weighted by Crippen LogP contribution is -2.30. The van der Waals surface area contributed by atoms with Crippen LogP contribution in [-0.2, 0) is 18.3 Å². The van der Waals surface area contributed by atoms with E-state index in [4.69, 9.17) is 9.72 Å². The van der Waals surface area contributed by atoms with Gasteiger partial charge in [-0.1, -0.05) is 6.42 Å². The molecule has 1 aliphatic rings. The van der Waals surface area contributed by atoms with Crippen molar-refractivity contribution in [2.45, 2.75) is 32.7 Å². The van der Waals surface area contributed by atoms with Gasteiger partial charge in [-0.15, -0.1) is 0 Å². The van der Waals surface area contributed by atoms with Crippen LogP contribution in [0, 0.1) is 0 Å². The van der Waals surface area contributed by atoms with Gasteiger partial charge in [-0.2, -0.15) is 0 Å². The summed E-state index contributed by atoms with van der Waals surface area (Å²) in [6.45, 7) is 5.33. The van der Waals surface area contributed by atoms with E-state index < -0.39 is 6.09 Å². The average molecular weight is 316 g/mol. The molecule has 0 bridgehead atoms. The zero-order valence-electron chi connectivity index (χ0n) is 13.8. The van der Waals surface area contributed by atoms with E-state index in [0.717, 1.165) is 36.5 Å². The third-order valence-corrected chi connectivity index (χ3v) is 4.31. The number of nitrogens with one attached hydrogen (secondary N) is 1. The van der Waals surface area contributed by atoms with Gasteiger partial charge in [-0.25, -0.2) is 9.78 Å². The first-order valence-corrected chi connectivity index (χ1v) is 8.29. The molecule has 1 aromatic heterocycles. The Balaban J connectivity index is 1.78. The second-order valence-electron chi connectivity index (χ2n) is 5.97. The number of ether oxygens (including phenoxy) is 1. The minimum atomic E-state index is -0.434. The maximum absolute atomic E-state index is 11.5. The summed E-state index contributed by atoms with van der Waals surface area (Å²) in [5.41, 5.74) is 2.68. The molecule has 2 aromatic rings. The molecule has 1 aromatic carbocycles. The molecule has 1 saturated heterocycles. The number of fused-ring (bicyclic) bond motifs is 1. The van der Waals surface area contributed by atoms with Gasteiger partial charge in [-0.3, -0.25) is 10.2 Å². The highest BCUT2D eigenvalue weighted by Gasteiger charge is 2.15. The van der Waals surface area contributed by atoms with Crippen molar-refractivity contribution >= 4 is 22.8 Å².